The van der Waals surface area contributed by atoms with Crippen LogP contribution in [0.25, 0.3) is 0 Å². The number of anilines is 1. The Labute approximate surface area is 196 Å². The normalized spacial score (nSPS) is 19.3. The van der Waals surface area contributed by atoms with E-state index in [9.17, 15) is 27.5 Å². The molecule has 2 aliphatic heterocycles. The van der Waals surface area contributed by atoms with Crippen LogP contribution >= 0.6 is 0 Å². The molecule has 2 aromatic carbocycles. The van der Waals surface area contributed by atoms with E-state index in [-0.39, 0.29) is 30.1 Å². The van der Waals surface area contributed by atoms with Crippen LogP contribution in [0, 0.1) is 5.82 Å². The van der Waals surface area contributed by atoms with Crippen LogP contribution in [-0.4, -0.2) is 66.6 Å². The molecule has 9 heteroatoms. The predicted molar refractivity (Wildman–Crippen MR) is 121 cm³/mol. The average Bonchev–Trinajstić information content (AvgIpc) is 2.83. The van der Waals surface area contributed by atoms with Crippen molar-refractivity contribution in [2.24, 2.45) is 0 Å². The molecular weight excluding hydrogens is 450 g/mol. The Kier molecular flexibility index (Phi) is 7.14. The second-order valence-corrected chi connectivity index (χ2v) is 9.05. The smallest absolute Gasteiger partial charge is 0.385 e. The summed E-state index contributed by atoms with van der Waals surface area (Å²) in [6.45, 7) is 4.46. The van der Waals surface area contributed by atoms with Crippen molar-refractivity contribution >= 4 is 11.6 Å². The maximum atomic E-state index is 13.1. The number of likely N-dealkylation sites (tertiary alicyclic amines) is 1. The lowest BCUT2D eigenvalue weighted by Crippen LogP contribution is -2.48. The van der Waals surface area contributed by atoms with E-state index in [0.29, 0.717) is 26.1 Å². The Balaban J connectivity index is 1.23. The van der Waals surface area contributed by atoms with Gasteiger partial charge in [0.15, 0.2) is 0 Å². The van der Waals surface area contributed by atoms with Gasteiger partial charge in [-0.1, -0.05) is 12.1 Å². The van der Waals surface area contributed by atoms with Gasteiger partial charge in [-0.3, -0.25) is 9.69 Å². The van der Waals surface area contributed by atoms with Gasteiger partial charge in [0, 0.05) is 57.9 Å². The van der Waals surface area contributed by atoms with Gasteiger partial charge < -0.3 is 14.9 Å². The van der Waals surface area contributed by atoms with Gasteiger partial charge in [-0.05, 0) is 54.8 Å². The topological polar surface area (TPSA) is 47.0 Å². The average molecular weight is 480 g/mol. The van der Waals surface area contributed by atoms with Gasteiger partial charge >= 0.3 is 6.18 Å². The van der Waals surface area contributed by atoms with Gasteiger partial charge in [-0.15, -0.1) is 0 Å². The van der Waals surface area contributed by atoms with E-state index in [1.54, 1.807) is 17.0 Å². The van der Waals surface area contributed by atoms with Gasteiger partial charge in [-0.25, -0.2) is 4.39 Å². The minimum Gasteiger partial charge on any atom is -0.385 e. The standard InChI is InChI=1S/C25H29F4N3O2/c26-21-4-6-22(7-5-21)31-16-14-30(15-17-31)11-8-23(33)32-12-9-24(34,10-13-32)19-2-1-3-20(18-19)25(27,28)29/h1-7,18,34H,8-17H2. The number of alkyl halides is 3. The number of benzene rings is 2. The summed E-state index contributed by atoms with van der Waals surface area (Å²) in [5, 5.41) is 11.0. The van der Waals surface area contributed by atoms with Gasteiger partial charge in [0.25, 0.3) is 0 Å². The molecule has 0 bridgehead atoms. The molecule has 2 fully saturated rings. The number of carbonyl (C=O) groups excluding carboxylic acids is 1. The number of hydrogen-bond acceptors (Lipinski definition) is 4. The van der Waals surface area contributed by atoms with Crippen molar-refractivity contribution in [1.82, 2.24) is 9.80 Å². The summed E-state index contributed by atoms with van der Waals surface area (Å²) in [6.07, 6.45) is -3.70. The zero-order valence-corrected chi connectivity index (χ0v) is 18.9. The number of amides is 1. The minimum atomic E-state index is -4.46. The molecule has 1 N–H and O–H groups in total. The molecule has 1 amide bonds. The van der Waals surface area contributed by atoms with E-state index in [1.807, 2.05) is 0 Å². The number of nitrogens with zero attached hydrogens (tertiary/aromatic N) is 3. The van der Waals surface area contributed by atoms with Gasteiger partial charge in [0.1, 0.15) is 5.82 Å². The minimum absolute atomic E-state index is 0.00736. The van der Waals surface area contributed by atoms with Gasteiger partial charge in [-0.2, -0.15) is 13.2 Å². The molecule has 5 nitrogen and oxygen atoms in total. The van der Waals surface area contributed by atoms with Crippen molar-refractivity contribution in [2.75, 3.05) is 50.7 Å². The first kappa shape index (κ1) is 24.5. The largest absolute Gasteiger partial charge is 0.416 e. The molecule has 0 radical (unpaired) electrons. The van der Waals surface area contributed by atoms with Crippen LogP contribution in [0.5, 0.6) is 0 Å². The van der Waals surface area contributed by atoms with Crippen molar-refractivity contribution in [3.8, 4) is 0 Å². The zero-order valence-electron chi connectivity index (χ0n) is 18.9. The third kappa shape index (κ3) is 5.70. The first-order chi connectivity index (χ1) is 16.1. The molecule has 2 heterocycles. The molecule has 2 aromatic rings. The molecule has 0 spiro atoms. The second kappa shape index (κ2) is 9.92. The fraction of sp³-hybridized carbons (Fsp3) is 0.480. The van der Waals surface area contributed by atoms with E-state index < -0.39 is 17.3 Å². The van der Waals surface area contributed by atoms with Crippen LogP contribution in [-0.2, 0) is 16.6 Å². The number of halogens is 4. The lowest BCUT2D eigenvalue weighted by Gasteiger charge is -2.39. The lowest BCUT2D eigenvalue weighted by atomic mass is 9.83. The third-order valence-electron chi connectivity index (χ3n) is 6.88. The summed E-state index contributed by atoms with van der Waals surface area (Å²) >= 11 is 0. The van der Waals surface area contributed by atoms with Crippen LogP contribution < -0.4 is 4.90 Å². The van der Waals surface area contributed by atoms with Gasteiger partial charge in [0.2, 0.25) is 5.91 Å². The molecule has 0 aliphatic carbocycles. The van der Waals surface area contributed by atoms with Crippen molar-refractivity contribution in [3.05, 3.63) is 65.5 Å². The number of hydrogen-bond donors (Lipinski definition) is 1. The Hall–Kier alpha value is -2.65. The monoisotopic (exact) mass is 479 g/mol. The molecule has 184 valence electrons. The van der Waals surface area contributed by atoms with E-state index >= 15 is 0 Å². The lowest BCUT2D eigenvalue weighted by molar-refractivity contribution is -0.137. The molecule has 0 aromatic heterocycles. The number of piperazine rings is 1. The fourth-order valence-corrected chi connectivity index (χ4v) is 4.69. The molecule has 2 saturated heterocycles. The fourth-order valence-electron chi connectivity index (χ4n) is 4.69. The third-order valence-corrected chi connectivity index (χ3v) is 6.88. The summed E-state index contributed by atoms with van der Waals surface area (Å²) in [5.74, 6) is -0.265. The highest BCUT2D eigenvalue weighted by molar-refractivity contribution is 5.76. The predicted octanol–water partition coefficient (Wildman–Crippen LogP) is 3.87. The van der Waals surface area contributed by atoms with E-state index in [1.165, 1.54) is 24.3 Å². The summed E-state index contributed by atoms with van der Waals surface area (Å²) in [6, 6.07) is 11.3. The maximum absolute atomic E-state index is 13.1. The van der Waals surface area contributed by atoms with Crippen LogP contribution in [0.15, 0.2) is 48.5 Å². The summed E-state index contributed by atoms with van der Waals surface area (Å²) < 4.78 is 52.2. The highest BCUT2D eigenvalue weighted by atomic mass is 19.4. The first-order valence-corrected chi connectivity index (χ1v) is 11.5. The highest BCUT2D eigenvalue weighted by Gasteiger charge is 2.38. The molecule has 34 heavy (non-hydrogen) atoms. The molecule has 0 atom stereocenters. The van der Waals surface area contributed by atoms with Crippen LogP contribution in [0.1, 0.15) is 30.4 Å². The Morgan fingerprint density at radius 3 is 2.21 bits per heavy atom. The molecular formula is C25H29F4N3O2. The summed E-state index contributed by atoms with van der Waals surface area (Å²) in [7, 11) is 0. The molecule has 4 rings (SSSR count). The Bertz CT molecular complexity index is 980. The van der Waals surface area contributed by atoms with Crippen LogP contribution in [0.4, 0.5) is 23.2 Å². The number of aliphatic hydroxyl groups is 1. The van der Waals surface area contributed by atoms with E-state index in [2.05, 4.69) is 9.80 Å². The van der Waals surface area contributed by atoms with Crippen LogP contribution in [0.2, 0.25) is 0 Å². The quantitative estimate of drug-likeness (QED) is 0.662. The zero-order chi connectivity index (χ0) is 24.3. The van der Waals surface area contributed by atoms with Crippen molar-refractivity contribution < 1.29 is 27.5 Å². The van der Waals surface area contributed by atoms with Crippen molar-refractivity contribution in [1.29, 1.82) is 0 Å². The van der Waals surface area contributed by atoms with Gasteiger partial charge in [0.05, 0.1) is 11.2 Å². The molecule has 2 aliphatic rings. The number of piperidine rings is 1. The Morgan fingerprint density at radius 2 is 1.59 bits per heavy atom. The second-order valence-electron chi connectivity index (χ2n) is 9.05. The van der Waals surface area contributed by atoms with E-state index in [0.717, 1.165) is 44.0 Å². The molecule has 0 unspecified atom stereocenters. The SMILES string of the molecule is O=C(CCN1CCN(c2ccc(F)cc2)CC1)N1CCC(O)(c2cccc(C(F)(F)F)c2)CC1. The maximum Gasteiger partial charge on any atom is 0.416 e. The summed E-state index contributed by atoms with van der Waals surface area (Å²) in [4.78, 5) is 18.8. The number of rotatable bonds is 5. The first-order valence-electron chi connectivity index (χ1n) is 11.5. The van der Waals surface area contributed by atoms with Crippen molar-refractivity contribution in [2.45, 2.75) is 31.0 Å². The van der Waals surface area contributed by atoms with Crippen LogP contribution in [0.3, 0.4) is 0 Å². The van der Waals surface area contributed by atoms with Crippen molar-refractivity contribution in [3.63, 3.8) is 0 Å². The number of carbonyl (C=O) groups is 1. The molecule has 0 saturated carbocycles. The highest BCUT2D eigenvalue weighted by Crippen LogP contribution is 2.36. The summed E-state index contributed by atoms with van der Waals surface area (Å²) in [5.41, 5.74) is -0.919. The Morgan fingerprint density at radius 1 is 0.941 bits per heavy atom. The van der Waals surface area contributed by atoms with E-state index in [4.69, 9.17) is 0 Å².